The Labute approximate surface area is 191 Å². The van der Waals surface area contributed by atoms with Crippen LogP contribution in [0.3, 0.4) is 0 Å². The van der Waals surface area contributed by atoms with Crippen LogP contribution in [0.15, 0.2) is 47.4 Å². The maximum atomic E-state index is 13.4. The van der Waals surface area contributed by atoms with E-state index in [4.69, 9.17) is 16.3 Å². The van der Waals surface area contributed by atoms with Crippen molar-refractivity contribution >= 4 is 43.2 Å². The topological polar surface area (TPSA) is 113 Å². The van der Waals surface area contributed by atoms with Crippen molar-refractivity contribution in [2.24, 2.45) is 0 Å². The Bertz CT molecular complexity index is 1170. The summed E-state index contributed by atoms with van der Waals surface area (Å²) in [6, 6.07) is 9.12. The van der Waals surface area contributed by atoms with Gasteiger partial charge < -0.3 is 10.1 Å². The third kappa shape index (κ3) is 6.79. The molecular weight excluding hydrogens is 485 g/mol. The van der Waals surface area contributed by atoms with Gasteiger partial charge in [-0.25, -0.2) is 25.5 Å². The molecule has 0 aliphatic heterocycles. The lowest BCUT2D eigenvalue weighted by Gasteiger charge is -2.22. The predicted molar refractivity (Wildman–Crippen MR) is 119 cm³/mol. The van der Waals surface area contributed by atoms with Gasteiger partial charge in [0.2, 0.25) is 26.0 Å². The second-order valence-electron chi connectivity index (χ2n) is 6.83. The minimum Gasteiger partial charge on any atom is -0.492 e. The Kier molecular flexibility index (Phi) is 8.46. The van der Waals surface area contributed by atoms with Crippen LogP contribution in [0, 0.1) is 5.82 Å². The van der Waals surface area contributed by atoms with Gasteiger partial charge in [0.1, 0.15) is 24.7 Å². The molecule has 1 amide bonds. The van der Waals surface area contributed by atoms with Gasteiger partial charge in [-0.2, -0.15) is 0 Å². The lowest BCUT2D eigenvalue weighted by molar-refractivity contribution is -0.119. The van der Waals surface area contributed by atoms with Crippen molar-refractivity contribution in [2.75, 3.05) is 44.4 Å². The first-order chi connectivity index (χ1) is 14.8. The molecular formula is C19H23ClFN3O6S2. The van der Waals surface area contributed by atoms with E-state index in [0.717, 1.165) is 27.0 Å². The normalized spacial score (nSPS) is 11.9. The number of carbonyl (C=O) groups is 1. The van der Waals surface area contributed by atoms with E-state index >= 15 is 0 Å². The third-order valence-electron chi connectivity index (χ3n) is 4.17. The molecule has 9 nitrogen and oxygen atoms in total. The molecule has 0 aromatic heterocycles. The molecule has 0 heterocycles. The molecule has 0 spiro atoms. The van der Waals surface area contributed by atoms with Crippen LogP contribution in [0.5, 0.6) is 5.75 Å². The number of amides is 1. The van der Waals surface area contributed by atoms with E-state index in [1.807, 2.05) is 0 Å². The molecule has 2 aromatic rings. The Morgan fingerprint density at radius 1 is 1.09 bits per heavy atom. The van der Waals surface area contributed by atoms with Crippen LogP contribution in [-0.2, 0) is 24.8 Å². The molecule has 2 aromatic carbocycles. The van der Waals surface area contributed by atoms with Crippen LogP contribution >= 0.6 is 11.6 Å². The van der Waals surface area contributed by atoms with Crippen LogP contribution in [0.4, 0.5) is 10.1 Å². The Morgan fingerprint density at radius 3 is 2.25 bits per heavy atom. The van der Waals surface area contributed by atoms with Crippen molar-refractivity contribution in [3.05, 3.63) is 53.3 Å². The Hall–Kier alpha value is -2.41. The summed E-state index contributed by atoms with van der Waals surface area (Å²) in [4.78, 5) is 12.3. The first-order valence-corrected chi connectivity index (χ1v) is 12.8. The van der Waals surface area contributed by atoms with Gasteiger partial charge in [0.05, 0.1) is 28.4 Å². The number of hydrogen-bond acceptors (Lipinski definition) is 6. The summed E-state index contributed by atoms with van der Waals surface area (Å²) in [6.45, 7) is -0.400. The summed E-state index contributed by atoms with van der Waals surface area (Å²) in [6.07, 6.45) is 0.917. The fraction of sp³-hybridized carbons (Fsp3) is 0.316. The molecule has 2 rings (SSSR count). The number of rotatable bonds is 10. The van der Waals surface area contributed by atoms with Crippen molar-refractivity contribution in [2.45, 2.75) is 4.90 Å². The van der Waals surface area contributed by atoms with Crippen molar-refractivity contribution in [1.82, 2.24) is 9.62 Å². The third-order valence-corrected chi connectivity index (χ3v) is 7.43. The highest BCUT2D eigenvalue weighted by Crippen LogP contribution is 2.24. The molecule has 176 valence electrons. The fourth-order valence-corrected chi connectivity index (χ4v) is 4.43. The van der Waals surface area contributed by atoms with E-state index in [-0.39, 0.29) is 28.8 Å². The molecule has 0 unspecified atom stereocenters. The van der Waals surface area contributed by atoms with Crippen molar-refractivity contribution in [3.8, 4) is 5.75 Å². The molecule has 0 radical (unpaired) electrons. The number of sulfonamides is 2. The Balaban J connectivity index is 1.91. The first kappa shape index (κ1) is 25.8. The largest absolute Gasteiger partial charge is 0.492 e. The van der Waals surface area contributed by atoms with Crippen LogP contribution in [0.2, 0.25) is 5.02 Å². The molecule has 0 saturated heterocycles. The van der Waals surface area contributed by atoms with Gasteiger partial charge in [-0.3, -0.25) is 9.10 Å². The summed E-state index contributed by atoms with van der Waals surface area (Å²) in [7, 11) is -4.52. The van der Waals surface area contributed by atoms with Gasteiger partial charge >= 0.3 is 0 Å². The second-order valence-corrected chi connectivity index (χ2v) is 11.3. The van der Waals surface area contributed by atoms with Crippen molar-refractivity contribution in [1.29, 1.82) is 0 Å². The average molecular weight is 508 g/mol. The van der Waals surface area contributed by atoms with E-state index in [9.17, 15) is 26.0 Å². The number of nitrogens with zero attached hydrogens (tertiary/aromatic N) is 2. The van der Waals surface area contributed by atoms with Gasteiger partial charge in [-0.05, 0) is 42.5 Å². The number of hydrogen-bond donors (Lipinski definition) is 1. The van der Waals surface area contributed by atoms with Crippen LogP contribution < -0.4 is 14.4 Å². The summed E-state index contributed by atoms with van der Waals surface area (Å²) >= 11 is 5.71. The zero-order valence-corrected chi connectivity index (χ0v) is 20.0. The molecule has 13 heteroatoms. The van der Waals surface area contributed by atoms with E-state index < -0.39 is 38.3 Å². The SMILES string of the molecule is CN(C)S(=O)(=O)c1ccc(OCCNC(=O)CN(c2ccc(F)c(Cl)c2)S(C)(=O)=O)cc1. The van der Waals surface area contributed by atoms with Gasteiger partial charge in [0, 0.05) is 14.1 Å². The summed E-state index contributed by atoms with van der Waals surface area (Å²) in [5.74, 6) is -0.916. The highest BCUT2D eigenvalue weighted by atomic mass is 35.5. The quantitative estimate of drug-likeness (QED) is 0.490. The molecule has 0 aliphatic carbocycles. The number of ether oxygens (including phenoxy) is 1. The number of carbonyl (C=O) groups excluding carboxylic acids is 1. The van der Waals surface area contributed by atoms with E-state index in [1.165, 1.54) is 44.4 Å². The summed E-state index contributed by atoms with van der Waals surface area (Å²) in [5.41, 5.74) is 0.0538. The molecule has 0 aliphatic rings. The lowest BCUT2D eigenvalue weighted by Crippen LogP contribution is -2.41. The fourth-order valence-electron chi connectivity index (χ4n) is 2.50. The van der Waals surface area contributed by atoms with Gasteiger partial charge in [-0.15, -0.1) is 0 Å². The van der Waals surface area contributed by atoms with Crippen LogP contribution in [0.25, 0.3) is 0 Å². The summed E-state index contributed by atoms with van der Waals surface area (Å²) in [5, 5.41) is 2.25. The molecule has 0 atom stereocenters. The maximum absolute atomic E-state index is 13.4. The molecule has 0 saturated carbocycles. The standard InChI is InChI=1S/C19H23ClFN3O6S2/c1-23(2)32(28,29)16-7-5-15(6-8-16)30-11-10-22-19(25)13-24(31(3,26)27)14-4-9-18(21)17(20)12-14/h4-9,12H,10-11,13H2,1-3H3,(H,22,25). The predicted octanol–water partition coefficient (Wildman–Crippen LogP) is 1.69. The minimum atomic E-state index is -3.83. The number of anilines is 1. The zero-order chi connectivity index (χ0) is 24.1. The van der Waals surface area contributed by atoms with Crippen molar-refractivity contribution < 1.29 is 30.8 Å². The smallest absolute Gasteiger partial charge is 0.242 e. The van der Waals surface area contributed by atoms with E-state index in [0.29, 0.717) is 5.75 Å². The van der Waals surface area contributed by atoms with Crippen LogP contribution in [-0.4, -0.2) is 67.1 Å². The average Bonchev–Trinajstić information content (AvgIpc) is 2.71. The van der Waals surface area contributed by atoms with Crippen LogP contribution in [0.1, 0.15) is 0 Å². The van der Waals surface area contributed by atoms with E-state index in [2.05, 4.69) is 5.32 Å². The second kappa shape index (κ2) is 10.5. The summed E-state index contributed by atoms with van der Waals surface area (Å²) < 4.78 is 68.9. The highest BCUT2D eigenvalue weighted by molar-refractivity contribution is 7.92. The van der Waals surface area contributed by atoms with Gasteiger partial charge in [-0.1, -0.05) is 11.6 Å². The Morgan fingerprint density at radius 2 is 1.72 bits per heavy atom. The molecule has 32 heavy (non-hydrogen) atoms. The highest BCUT2D eigenvalue weighted by Gasteiger charge is 2.22. The number of nitrogens with one attached hydrogen (secondary N) is 1. The zero-order valence-electron chi connectivity index (χ0n) is 17.6. The molecule has 1 N–H and O–H groups in total. The van der Waals surface area contributed by atoms with Gasteiger partial charge in [0.15, 0.2) is 0 Å². The van der Waals surface area contributed by atoms with E-state index in [1.54, 1.807) is 0 Å². The monoisotopic (exact) mass is 507 g/mol. The lowest BCUT2D eigenvalue weighted by atomic mass is 10.3. The van der Waals surface area contributed by atoms with Crippen molar-refractivity contribution in [3.63, 3.8) is 0 Å². The maximum Gasteiger partial charge on any atom is 0.242 e. The molecule has 0 fully saturated rings. The minimum absolute atomic E-state index is 0.0538. The first-order valence-electron chi connectivity index (χ1n) is 9.17. The number of benzene rings is 2. The van der Waals surface area contributed by atoms with Gasteiger partial charge in [0.25, 0.3) is 0 Å². The molecule has 0 bridgehead atoms. The number of halogens is 2.